The molecule has 0 amide bonds. The maximum atomic E-state index is 10.4. The molecule has 0 aromatic carbocycles. The number of nitrogens with two attached hydrogens (primary N) is 1. The number of aliphatic hydroxyl groups is 1. The average molecular weight is 169 g/mol. The topological polar surface area (TPSA) is 83.5 Å². The summed E-state index contributed by atoms with van der Waals surface area (Å²) < 4.78 is 0. The average Bonchev–Trinajstić information content (AvgIpc) is 1.96. The fraction of sp³-hybridized carbons (Fsp3) is 0.125. The van der Waals surface area contributed by atoms with Crippen molar-refractivity contribution < 1.29 is 15.0 Å². The van der Waals surface area contributed by atoms with Gasteiger partial charge in [-0.05, 0) is 31.4 Å². The van der Waals surface area contributed by atoms with Crippen LogP contribution in [0.15, 0.2) is 35.8 Å². The van der Waals surface area contributed by atoms with Crippen LogP contribution in [0.4, 0.5) is 0 Å². The quantitative estimate of drug-likeness (QED) is 0.333. The van der Waals surface area contributed by atoms with Crippen LogP contribution >= 0.6 is 0 Å². The monoisotopic (exact) mass is 169 g/mol. The first-order chi connectivity index (χ1) is 5.57. The predicted molar refractivity (Wildman–Crippen MR) is 45.4 cm³/mol. The van der Waals surface area contributed by atoms with E-state index in [1.54, 1.807) is 0 Å². The number of aliphatic carboxylic acids is 1. The largest absolute Gasteiger partial charge is 0.513 e. The van der Waals surface area contributed by atoms with Gasteiger partial charge in [0.25, 0.3) is 0 Å². The van der Waals surface area contributed by atoms with Crippen LogP contribution in [0.2, 0.25) is 0 Å². The van der Waals surface area contributed by atoms with E-state index in [0.29, 0.717) is 0 Å². The third-order valence-corrected chi connectivity index (χ3v) is 0.998. The highest BCUT2D eigenvalue weighted by Crippen LogP contribution is 2.00. The van der Waals surface area contributed by atoms with Gasteiger partial charge in [-0.15, -0.1) is 0 Å². The second-order valence-corrected chi connectivity index (χ2v) is 2.10. The third-order valence-electron chi connectivity index (χ3n) is 0.998. The van der Waals surface area contributed by atoms with Gasteiger partial charge in [0, 0.05) is 0 Å². The third kappa shape index (κ3) is 4.16. The van der Waals surface area contributed by atoms with E-state index in [4.69, 9.17) is 15.9 Å². The van der Waals surface area contributed by atoms with Crippen molar-refractivity contribution in [1.29, 1.82) is 0 Å². The van der Waals surface area contributed by atoms with Crippen LogP contribution in [0.5, 0.6) is 0 Å². The van der Waals surface area contributed by atoms with Crippen molar-refractivity contribution in [3.8, 4) is 0 Å². The van der Waals surface area contributed by atoms with Crippen molar-refractivity contribution >= 4 is 5.97 Å². The van der Waals surface area contributed by atoms with Crippen LogP contribution in [0.25, 0.3) is 0 Å². The van der Waals surface area contributed by atoms with Gasteiger partial charge in [0.1, 0.15) is 0 Å². The van der Waals surface area contributed by atoms with Gasteiger partial charge in [-0.3, -0.25) is 0 Å². The molecule has 0 radical (unpaired) electrons. The summed E-state index contributed by atoms with van der Waals surface area (Å²) in [5.74, 6) is -1.17. The van der Waals surface area contributed by atoms with Crippen molar-refractivity contribution in [1.82, 2.24) is 0 Å². The summed E-state index contributed by atoms with van der Waals surface area (Å²) in [6, 6.07) is 0. The molecule has 0 spiro atoms. The van der Waals surface area contributed by atoms with Crippen molar-refractivity contribution in [2.75, 3.05) is 0 Å². The first-order valence-corrected chi connectivity index (χ1v) is 3.27. The molecule has 0 aliphatic rings. The standard InChI is InChI=1S/C8H11NO3/c1-6(10)5-7(8(11)12)3-2-4-9/h2-5,10H,9H2,1H3,(H,11,12)/b4-2+,6-5+,7-3+. The molecule has 0 aromatic heterocycles. The van der Waals surface area contributed by atoms with Crippen LogP contribution in [-0.2, 0) is 4.79 Å². The van der Waals surface area contributed by atoms with Crippen molar-refractivity contribution in [2.24, 2.45) is 5.73 Å². The fourth-order valence-electron chi connectivity index (χ4n) is 0.565. The van der Waals surface area contributed by atoms with Crippen LogP contribution in [-0.4, -0.2) is 16.2 Å². The summed E-state index contributed by atoms with van der Waals surface area (Å²) in [7, 11) is 0. The van der Waals surface area contributed by atoms with Crippen molar-refractivity contribution in [2.45, 2.75) is 6.92 Å². The van der Waals surface area contributed by atoms with Crippen LogP contribution < -0.4 is 5.73 Å². The molecule has 0 unspecified atom stereocenters. The fourth-order valence-corrected chi connectivity index (χ4v) is 0.565. The number of carboxylic acids is 1. The van der Waals surface area contributed by atoms with Gasteiger partial charge in [0.15, 0.2) is 0 Å². The highest BCUT2D eigenvalue weighted by Gasteiger charge is 2.01. The SMILES string of the molecule is C\C(O)=C/C(=C\C=C\N)C(=O)O. The lowest BCUT2D eigenvalue weighted by molar-refractivity contribution is -0.132. The van der Waals surface area contributed by atoms with Gasteiger partial charge >= 0.3 is 5.97 Å². The minimum atomic E-state index is -1.11. The molecule has 0 aromatic rings. The first-order valence-electron chi connectivity index (χ1n) is 3.27. The Balaban J connectivity index is 4.67. The molecule has 4 N–H and O–H groups in total. The second-order valence-electron chi connectivity index (χ2n) is 2.10. The molecule has 0 heterocycles. The Labute approximate surface area is 70.3 Å². The van der Waals surface area contributed by atoms with E-state index in [9.17, 15) is 4.79 Å². The van der Waals surface area contributed by atoms with Crippen LogP contribution in [0.3, 0.4) is 0 Å². The maximum Gasteiger partial charge on any atom is 0.335 e. The molecule has 0 fully saturated rings. The molecule has 66 valence electrons. The molecule has 4 nitrogen and oxygen atoms in total. The zero-order valence-electron chi connectivity index (χ0n) is 6.69. The summed E-state index contributed by atoms with van der Waals surface area (Å²) in [4.78, 5) is 10.4. The Hall–Kier alpha value is -1.71. The van der Waals surface area contributed by atoms with Crippen molar-refractivity contribution in [3.05, 3.63) is 35.8 Å². The van der Waals surface area contributed by atoms with E-state index in [1.807, 2.05) is 0 Å². The van der Waals surface area contributed by atoms with Gasteiger partial charge in [0.05, 0.1) is 11.3 Å². The minimum absolute atomic E-state index is 0.0169. The lowest BCUT2D eigenvalue weighted by Gasteiger charge is -1.92. The van der Waals surface area contributed by atoms with Gasteiger partial charge in [-0.2, -0.15) is 0 Å². The van der Waals surface area contributed by atoms with Gasteiger partial charge in [-0.1, -0.05) is 0 Å². The molecule has 0 aliphatic heterocycles. The smallest absolute Gasteiger partial charge is 0.335 e. The molecule has 0 atom stereocenters. The Morgan fingerprint density at radius 2 is 2.00 bits per heavy atom. The highest BCUT2D eigenvalue weighted by atomic mass is 16.4. The van der Waals surface area contributed by atoms with E-state index >= 15 is 0 Å². The zero-order valence-corrected chi connectivity index (χ0v) is 6.69. The molecule has 0 saturated carbocycles. The number of carboxylic acid groups (broad SMARTS) is 1. The molecule has 0 aliphatic carbocycles. The van der Waals surface area contributed by atoms with Crippen LogP contribution in [0, 0.1) is 0 Å². The van der Waals surface area contributed by atoms with Crippen LogP contribution in [0.1, 0.15) is 6.92 Å². The van der Waals surface area contributed by atoms with Gasteiger partial charge < -0.3 is 15.9 Å². The number of hydrogen-bond acceptors (Lipinski definition) is 3. The minimum Gasteiger partial charge on any atom is -0.513 e. The number of hydrogen-bond donors (Lipinski definition) is 3. The molecule has 0 bridgehead atoms. The molecular weight excluding hydrogens is 158 g/mol. The Morgan fingerprint density at radius 1 is 1.42 bits per heavy atom. The Kier molecular flexibility index (Phi) is 4.30. The first kappa shape index (κ1) is 10.3. The van der Waals surface area contributed by atoms with E-state index in [0.717, 1.165) is 6.08 Å². The van der Waals surface area contributed by atoms with E-state index in [1.165, 1.54) is 25.3 Å². The van der Waals surface area contributed by atoms with Crippen molar-refractivity contribution in [3.63, 3.8) is 0 Å². The zero-order chi connectivity index (χ0) is 9.56. The van der Waals surface area contributed by atoms with Gasteiger partial charge in [0.2, 0.25) is 0 Å². The molecular formula is C8H11NO3. The molecule has 0 saturated heterocycles. The summed E-state index contributed by atoms with van der Waals surface area (Å²) in [6.45, 7) is 1.39. The normalized spacial score (nSPS) is 13.8. The number of allylic oxidation sites excluding steroid dienone is 3. The maximum absolute atomic E-state index is 10.4. The molecule has 4 heteroatoms. The van der Waals surface area contributed by atoms with E-state index < -0.39 is 5.97 Å². The lowest BCUT2D eigenvalue weighted by atomic mass is 10.2. The van der Waals surface area contributed by atoms with E-state index in [2.05, 4.69) is 0 Å². The summed E-state index contributed by atoms with van der Waals surface area (Å²) >= 11 is 0. The molecule has 0 rings (SSSR count). The summed E-state index contributed by atoms with van der Waals surface area (Å²) in [5.41, 5.74) is 4.99. The number of rotatable bonds is 3. The second kappa shape index (κ2) is 5.01. The Morgan fingerprint density at radius 3 is 2.33 bits per heavy atom. The molecule has 12 heavy (non-hydrogen) atoms. The Bertz CT molecular complexity index is 247. The van der Waals surface area contributed by atoms with Gasteiger partial charge in [-0.25, -0.2) is 4.79 Å². The summed E-state index contributed by atoms with van der Waals surface area (Å²) in [6.07, 6.45) is 5.02. The highest BCUT2D eigenvalue weighted by molar-refractivity contribution is 5.90. The van der Waals surface area contributed by atoms with E-state index in [-0.39, 0.29) is 11.3 Å². The lowest BCUT2D eigenvalue weighted by Crippen LogP contribution is -1.98. The number of aliphatic hydroxyl groups excluding tert-OH is 1. The summed E-state index contributed by atoms with van der Waals surface area (Å²) in [5, 5.41) is 17.3. The predicted octanol–water partition coefficient (Wildman–Crippen LogP) is 0.932. The number of carbonyl (C=O) groups is 1.